The molecule has 1 unspecified atom stereocenters. The highest BCUT2D eigenvalue weighted by atomic mass is 16.5. The molecule has 0 bridgehead atoms. The topological polar surface area (TPSA) is 87.7 Å². The molecule has 1 aliphatic heterocycles. The lowest BCUT2D eigenvalue weighted by atomic mass is 9.99. The summed E-state index contributed by atoms with van der Waals surface area (Å²) >= 11 is 0. The average Bonchev–Trinajstić information content (AvgIpc) is 2.80. The molecular weight excluding hydrogens is 418 g/mol. The minimum absolute atomic E-state index is 0.0850. The summed E-state index contributed by atoms with van der Waals surface area (Å²) in [4.78, 5) is 40.6. The molecule has 2 amide bonds. The van der Waals surface area contributed by atoms with Gasteiger partial charge in [-0.25, -0.2) is 0 Å². The number of anilines is 1. The van der Waals surface area contributed by atoms with Crippen LogP contribution in [0.3, 0.4) is 0 Å². The molecule has 0 radical (unpaired) electrons. The second kappa shape index (κ2) is 11.1. The molecule has 7 nitrogen and oxygen atoms in total. The highest BCUT2D eigenvalue weighted by Gasteiger charge is 2.40. The fourth-order valence-corrected chi connectivity index (χ4v) is 4.22. The van der Waals surface area contributed by atoms with Crippen molar-refractivity contribution in [2.24, 2.45) is 0 Å². The van der Waals surface area contributed by atoms with Gasteiger partial charge < -0.3 is 15.0 Å². The van der Waals surface area contributed by atoms with Gasteiger partial charge >= 0.3 is 5.97 Å². The minimum Gasteiger partial charge on any atom is -0.465 e. The number of piperazine rings is 1. The van der Waals surface area contributed by atoms with E-state index in [1.54, 1.807) is 13.8 Å². The largest absolute Gasteiger partial charge is 0.465 e. The van der Waals surface area contributed by atoms with Crippen molar-refractivity contribution in [3.8, 4) is 0 Å². The lowest BCUT2D eigenvalue weighted by Gasteiger charge is -2.40. The van der Waals surface area contributed by atoms with Crippen LogP contribution in [0.5, 0.6) is 0 Å². The summed E-state index contributed by atoms with van der Waals surface area (Å²) in [6.07, 6.45) is 1.07. The number of rotatable bonds is 8. The number of carbonyl (C=O) groups excluding carboxylic acids is 3. The van der Waals surface area contributed by atoms with Crippen LogP contribution in [-0.2, 0) is 25.5 Å². The Bertz CT molecular complexity index is 972. The van der Waals surface area contributed by atoms with Gasteiger partial charge in [0.15, 0.2) is 0 Å². The number of amides is 2. The fourth-order valence-electron chi connectivity index (χ4n) is 4.22. The first-order valence-electron chi connectivity index (χ1n) is 11.5. The lowest BCUT2D eigenvalue weighted by molar-refractivity contribution is -0.153. The van der Waals surface area contributed by atoms with Crippen LogP contribution in [0.15, 0.2) is 48.5 Å². The molecule has 1 aliphatic rings. The molecule has 0 spiro atoms. The predicted molar refractivity (Wildman–Crippen MR) is 128 cm³/mol. The average molecular weight is 452 g/mol. The van der Waals surface area contributed by atoms with Gasteiger partial charge in [0.1, 0.15) is 12.1 Å². The molecule has 3 atom stereocenters. The molecule has 3 rings (SSSR count). The van der Waals surface area contributed by atoms with Crippen molar-refractivity contribution >= 4 is 23.5 Å². The number of aryl methyl sites for hydroxylation is 3. The van der Waals surface area contributed by atoms with Crippen molar-refractivity contribution in [2.75, 3.05) is 18.5 Å². The quantitative estimate of drug-likeness (QED) is 0.603. The van der Waals surface area contributed by atoms with E-state index in [1.165, 1.54) is 4.90 Å². The van der Waals surface area contributed by atoms with E-state index >= 15 is 0 Å². The molecule has 0 aromatic heterocycles. The Balaban J connectivity index is 1.88. The molecule has 0 saturated carbocycles. The van der Waals surface area contributed by atoms with E-state index in [4.69, 9.17) is 4.74 Å². The molecule has 2 aromatic carbocycles. The summed E-state index contributed by atoms with van der Waals surface area (Å²) in [6, 6.07) is 13.7. The Morgan fingerprint density at radius 1 is 1.12 bits per heavy atom. The van der Waals surface area contributed by atoms with Gasteiger partial charge in [0.25, 0.3) is 0 Å². The smallest absolute Gasteiger partial charge is 0.324 e. The molecule has 33 heavy (non-hydrogen) atoms. The van der Waals surface area contributed by atoms with Crippen molar-refractivity contribution in [1.82, 2.24) is 10.2 Å². The maximum Gasteiger partial charge on any atom is 0.324 e. The van der Waals surface area contributed by atoms with Crippen LogP contribution in [0.1, 0.15) is 37.0 Å². The van der Waals surface area contributed by atoms with Crippen molar-refractivity contribution in [3.63, 3.8) is 0 Å². The zero-order valence-corrected chi connectivity index (χ0v) is 19.8. The van der Waals surface area contributed by atoms with E-state index in [0.29, 0.717) is 12.8 Å². The standard InChI is InChI=1S/C26H33N3O4/c1-5-33-26(32)21-16-29(25(31)19(4)27-21)22(15-14-20-12-7-6-8-13-20)24(30)28-23-17(2)10-9-11-18(23)3/h6-13,19,21-22,27H,5,14-16H2,1-4H3,(H,28,30)/t19-,21-,22?/m0/s1. The predicted octanol–water partition coefficient (Wildman–Crippen LogP) is 3.00. The minimum atomic E-state index is -0.724. The van der Waals surface area contributed by atoms with E-state index in [0.717, 1.165) is 22.4 Å². The SMILES string of the molecule is CCOC(=O)[C@@H]1CN(C(CCc2ccccc2)C(=O)Nc2c(C)cccc2C)C(=O)[C@H](C)N1. The van der Waals surface area contributed by atoms with Crippen molar-refractivity contribution in [3.05, 3.63) is 65.2 Å². The summed E-state index contributed by atoms with van der Waals surface area (Å²) in [6.45, 7) is 7.67. The van der Waals surface area contributed by atoms with Gasteiger partial charge in [0.2, 0.25) is 11.8 Å². The van der Waals surface area contributed by atoms with E-state index in [2.05, 4.69) is 10.6 Å². The Labute approximate surface area is 195 Å². The van der Waals surface area contributed by atoms with E-state index < -0.39 is 24.1 Å². The van der Waals surface area contributed by atoms with Crippen LogP contribution in [0, 0.1) is 13.8 Å². The summed E-state index contributed by atoms with van der Waals surface area (Å²) in [5.41, 5.74) is 3.74. The Hall–Kier alpha value is -3.19. The molecule has 1 fully saturated rings. The van der Waals surface area contributed by atoms with Crippen molar-refractivity contribution in [1.29, 1.82) is 0 Å². The number of nitrogens with zero attached hydrogens (tertiary/aromatic N) is 1. The molecular formula is C26H33N3O4. The molecule has 2 aromatic rings. The van der Waals surface area contributed by atoms with Crippen LogP contribution < -0.4 is 10.6 Å². The zero-order chi connectivity index (χ0) is 24.0. The summed E-state index contributed by atoms with van der Waals surface area (Å²) in [5, 5.41) is 6.07. The first kappa shape index (κ1) is 24.5. The summed E-state index contributed by atoms with van der Waals surface area (Å²) in [7, 11) is 0. The van der Waals surface area contributed by atoms with E-state index in [1.807, 2.05) is 62.4 Å². The monoisotopic (exact) mass is 451 g/mol. The van der Waals surface area contributed by atoms with Gasteiger partial charge in [-0.15, -0.1) is 0 Å². The summed E-state index contributed by atoms with van der Waals surface area (Å²) < 4.78 is 5.17. The van der Waals surface area contributed by atoms with Gasteiger partial charge in [-0.3, -0.25) is 19.7 Å². The van der Waals surface area contributed by atoms with Crippen LogP contribution >= 0.6 is 0 Å². The highest BCUT2D eigenvalue weighted by molar-refractivity contribution is 5.99. The number of hydrogen-bond donors (Lipinski definition) is 2. The Morgan fingerprint density at radius 3 is 2.42 bits per heavy atom. The molecule has 7 heteroatoms. The number of ether oxygens (including phenoxy) is 1. The second-order valence-electron chi connectivity index (χ2n) is 8.48. The van der Waals surface area contributed by atoms with Gasteiger partial charge in [-0.1, -0.05) is 48.5 Å². The fraction of sp³-hybridized carbons (Fsp3) is 0.423. The second-order valence-corrected chi connectivity index (χ2v) is 8.48. The number of hydrogen-bond acceptors (Lipinski definition) is 5. The van der Waals surface area contributed by atoms with Gasteiger partial charge in [0, 0.05) is 12.2 Å². The third kappa shape index (κ3) is 5.99. The number of benzene rings is 2. The molecule has 2 N–H and O–H groups in total. The number of nitrogens with one attached hydrogen (secondary N) is 2. The van der Waals surface area contributed by atoms with E-state index in [9.17, 15) is 14.4 Å². The van der Waals surface area contributed by atoms with Crippen LogP contribution in [0.2, 0.25) is 0 Å². The van der Waals surface area contributed by atoms with Gasteiger partial charge in [-0.05, 0) is 57.2 Å². The maximum absolute atomic E-state index is 13.6. The summed E-state index contributed by atoms with van der Waals surface area (Å²) in [5.74, 6) is -0.877. The Morgan fingerprint density at radius 2 is 1.79 bits per heavy atom. The third-order valence-electron chi connectivity index (χ3n) is 6.01. The molecule has 0 aliphatic carbocycles. The number of para-hydroxylation sites is 1. The van der Waals surface area contributed by atoms with Crippen molar-refractivity contribution < 1.29 is 19.1 Å². The Kier molecular flexibility index (Phi) is 8.22. The molecule has 1 saturated heterocycles. The number of esters is 1. The maximum atomic E-state index is 13.6. The van der Waals surface area contributed by atoms with Crippen LogP contribution in [0.4, 0.5) is 5.69 Å². The van der Waals surface area contributed by atoms with Crippen LogP contribution in [0.25, 0.3) is 0 Å². The van der Waals surface area contributed by atoms with E-state index in [-0.39, 0.29) is 25.0 Å². The van der Waals surface area contributed by atoms with Gasteiger partial charge in [0.05, 0.1) is 12.6 Å². The van der Waals surface area contributed by atoms with Gasteiger partial charge in [-0.2, -0.15) is 0 Å². The third-order valence-corrected chi connectivity index (χ3v) is 6.01. The lowest BCUT2D eigenvalue weighted by Crippen LogP contribution is -2.65. The first-order valence-corrected chi connectivity index (χ1v) is 11.5. The van der Waals surface area contributed by atoms with Crippen LogP contribution in [-0.4, -0.2) is 54.0 Å². The first-order chi connectivity index (χ1) is 15.8. The highest BCUT2D eigenvalue weighted by Crippen LogP contribution is 2.23. The van der Waals surface area contributed by atoms with Crippen molar-refractivity contribution in [2.45, 2.75) is 58.7 Å². The normalized spacial score (nSPS) is 19.2. The molecule has 1 heterocycles. The zero-order valence-electron chi connectivity index (χ0n) is 19.8. The number of carbonyl (C=O) groups is 3. The molecule has 176 valence electrons.